The van der Waals surface area contributed by atoms with Crippen molar-refractivity contribution in [1.29, 1.82) is 0 Å². The molecule has 6 nitrogen and oxygen atoms in total. The fraction of sp³-hybridized carbons (Fsp3) is 0.368. The quantitative estimate of drug-likeness (QED) is 0.810. The number of alkyl halides is 3. The van der Waals surface area contributed by atoms with Gasteiger partial charge in [-0.1, -0.05) is 12.1 Å². The van der Waals surface area contributed by atoms with E-state index in [1.54, 1.807) is 6.07 Å². The van der Waals surface area contributed by atoms with E-state index in [9.17, 15) is 21.6 Å². The maximum Gasteiger partial charge on any atom is 0.417 e. The van der Waals surface area contributed by atoms with E-state index in [1.165, 1.54) is 6.07 Å². The van der Waals surface area contributed by atoms with Crippen LogP contribution >= 0.6 is 0 Å². The lowest BCUT2D eigenvalue weighted by molar-refractivity contribution is -0.139. The lowest BCUT2D eigenvalue weighted by Crippen LogP contribution is -2.26. The molecule has 29 heavy (non-hydrogen) atoms. The fourth-order valence-electron chi connectivity index (χ4n) is 3.92. The zero-order valence-electron chi connectivity index (χ0n) is 15.3. The van der Waals surface area contributed by atoms with Crippen molar-refractivity contribution >= 4 is 15.7 Å². The Morgan fingerprint density at radius 3 is 2.59 bits per heavy atom. The van der Waals surface area contributed by atoms with Crippen LogP contribution in [0.2, 0.25) is 0 Å². The zero-order valence-corrected chi connectivity index (χ0v) is 16.1. The van der Waals surface area contributed by atoms with Gasteiger partial charge in [-0.3, -0.25) is 0 Å². The molecule has 0 aliphatic carbocycles. The van der Waals surface area contributed by atoms with Crippen LogP contribution in [0.3, 0.4) is 0 Å². The normalized spacial score (nSPS) is 19.4. The number of nitrogens with two attached hydrogens (primary N) is 1. The Hall–Kier alpha value is -2.46. The third-order valence-electron chi connectivity index (χ3n) is 5.12. The van der Waals surface area contributed by atoms with Gasteiger partial charge in [-0.25, -0.2) is 13.6 Å². The first-order valence-corrected chi connectivity index (χ1v) is 10.6. The third-order valence-corrected chi connectivity index (χ3v) is 6.08. The smallest absolute Gasteiger partial charge is 0.417 e. The number of benzene rings is 2. The first-order chi connectivity index (χ1) is 13.7. The van der Waals surface area contributed by atoms with Crippen LogP contribution in [0.4, 0.5) is 18.9 Å². The first-order valence-electron chi connectivity index (χ1n) is 9.05. The van der Waals surface area contributed by atoms with Crippen molar-refractivity contribution in [3.8, 4) is 11.5 Å². The molecule has 0 spiro atoms. The molecule has 156 valence electrons. The fourth-order valence-corrected chi connectivity index (χ4v) is 4.66. The van der Waals surface area contributed by atoms with E-state index < -0.39 is 26.7 Å². The van der Waals surface area contributed by atoms with Gasteiger partial charge in [0.25, 0.3) is 0 Å². The number of primary sulfonamides is 1. The molecule has 1 unspecified atom stereocenters. The number of anilines is 1. The average Bonchev–Trinajstić information content (AvgIpc) is 3.15. The maximum atomic E-state index is 13.5. The van der Waals surface area contributed by atoms with Crippen LogP contribution < -0.4 is 19.5 Å². The lowest BCUT2D eigenvalue weighted by atomic mass is 10.0. The molecule has 1 fully saturated rings. The maximum absolute atomic E-state index is 13.5. The van der Waals surface area contributed by atoms with Gasteiger partial charge in [0.15, 0.2) is 11.5 Å². The summed E-state index contributed by atoms with van der Waals surface area (Å²) in [6.07, 6.45) is -3.36. The van der Waals surface area contributed by atoms with Gasteiger partial charge >= 0.3 is 6.18 Å². The molecule has 4 rings (SSSR count). The molecular weight excluding hydrogens is 409 g/mol. The summed E-state index contributed by atoms with van der Waals surface area (Å²) >= 11 is 0. The second-order valence-corrected chi connectivity index (χ2v) is 8.48. The number of para-hydroxylation sites is 1. The van der Waals surface area contributed by atoms with E-state index in [0.717, 1.165) is 30.5 Å². The minimum Gasteiger partial charge on any atom is -0.486 e. The molecule has 2 aliphatic rings. The Labute approximate surface area is 166 Å². The van der Waals surface area contributed by atoms with Gasteiger partial charge in [0.05, 0.1) is 16.5 Å². The van der Waals surface area contributed by atoms with Gasteiger partial charge in [-0.15, -0.1) is 0 Å². The molecule has 2 aromatic rings. The topological polar surface area (TPSA) is 81.9 Å². The average molecular weight is 428 g/mol. The molecule has 2 aromatic carbocycles. The van der Waals surface area contributed by atoms with Crippen LogP contribution in [0.5, 0.6) is 11.5 Å². The van der Waals surface area contributed by atoms with Crippen molar-refractivity contribution in [3.63, 3.8) is 0 Å². The van der Waals surface area contributed by atoms with E-state index in [4.69, 9.17) is 14.6 Å². The number of hydrogen-bond acceptors (Lipinski definition) is 5. The van der Waals surface area contributed by atoms with Crippen LogP contribution in [0.1, 0.15) is 30.0 Å². The highest BCUT2D eigenvalue weighted by Crippen LogP contribution is 2.45. The number of rotatable bonds is 3. The number of nitrogens with zero attached hydrogens (tertiary/aromatic N) is 1. The highest BCUT2D eigenvalue weighted by atomic mass is 32.2. The minimum atomic E-state index is -4.85. The number of halogens is 3. The van der Waals surface area contributed by atoms with E-state index in [1.807, 2.05) is 17.0 Å². The van der Waals surface area contributed by atoms with Gasteiger partial charge < -0.3 is 14.4 Å². The Balaban J connectivity index is 1.77. The molecule has 2 N–H and O–H groups in total. The largest absolute Gasteiger partial charge is 0.486 e. The SMILES string of the molecule is NS(=O)(=O)c1ccc(N2CCCC2c2cccc3c2OCCO3)cc1C(F)(F)F. The number of sulfonamides is 1. The summed E-state index contributed by atoms with van der Waals surface area (Å²) < 4.78 is 75.1. The predicted octanol–water partition coefficient (Wildman–Crippen LogP) is 3.47. The van der Waals surface area contributed by atoms with Crippen molar-refractivity contribution in [1.82, 2.24) is 0 Å². The van der Waals surface area contributed by atoms with Crippen molar-refractivity contribution in [2.45, 2.75) is 30.0 Å². The molecule has 0 radical (unpaired) electrons. The van der Waals surface area contributed by atoms with Crippen molar-refractivity contribution in [2.24, 2.45) is 5.14 Å². The zero-order chi connectivity index (χ0) is 20.8. The molecule has 2 aliphatic heterocycles. The van der Waals surface area contributed by atoms with Crippen molar-refractivity contribution < 1.29 is 31.1 Å². The van der Waals surface area contributed by atoms with E-state index in [-0.39, 0.29) is 11.7 Å². The third kappa shape index (κ3) is 3.74. The van der Waals surface area contributed by atoms with Crippen molar-refractivity contribution in [3.05, 3.63) is 47.5 Å². The van der Waals surface area contributed by atoms with Crippen LogP contribution in [-0.2, 0) is 16.2 Å². The molecule has 0 aromatic heterocycles. The Bertz CT molecular complexity index is 1040. The van der Waals surface area contributed by atoms with Gasteiger partial charge in [0.1, 0.15) is 13.2 Å². The van der Waals surface area contributed by atoms with Gasteiger partial charge in [0.2, 0.25) is 10.0 Å². The van der Waals surface area contributed by atoms with Crippen LogP contribution in [0.15, 0.2) is 41.3 Å². The van der Waals surface area contributed by atoms with E-state index >= 15 is 0 Å². The number of fused-ring (bicyclic) bond motifs is 1. The van der Waals surface area contributed by atoms with Crippen molar-refractivity contribution in [2.75, 3.05) is 24.7 Å². The molecular formula is C19H19F3N2O4S. The van der Waals surface area contributed by atoms with E-state index in [2.05, 4.69) is 0 Å². The Morgan fingerprint density at radius 1 is 1.10 bits per heavy atom. The standard InChI is InChI=1S/C19H19F3N2O4S/c20-19(21,22)14-11-12(6-7-17(14)29(23,25)26)24-8-2-4-15(24)13-3-1-5-16-18(13)28-10-9-27-16/h1,3,5-7,11,15H,2,4,8-10H2,(H2,23,25,26). The highest BCUT2D eigenvalue weighted by molar-refractivity contribution is 7.89. The Kier molecular flexibility index (Phi) is 4.86. The second-order valence-electron chi connectivity index (χ2n) is 6.95. The molecule has 1 atom stereocenters. The Morgan fingerprint density at radius 2 is 1.86 bits per heavy atom. The monoisotopic (exact) mass is 428 g/mol. The van der Waals surface area contributed by atoms with Gasteiger partial charge in [-0.2, -0.15) is 13.2 Å². The summed E-state index contributed by atoms with van der Waals surface area (Å²) in [5.74, 6) is 1.22. The second kappa shape index (κ2) is 7.10. The number of ether oxygens (including phenoxy) is 2. The molecule has 0 bridgehead atoms. The predicted molar refractivity (Wildman–Crippen MR) is 99.6 cm³/mol. The summed E-state index contributed by atoms with van der Waals surface area (Å²) in [7, 11) is -4.51. The highest BCUT2D eigenvalue weighted by Gasteiger charge is 2.38. The van der Waals surface area contributed by atoms with Gasteiger partial charge in [-0.05, 0) is 37.1 Å². The summed E-state index contributed by atoms with van der Waals surface area (Å²) in [4.78, 5) is 0.897. The van der Waals surface area contributed by atoms with Crippen LogP contribution in [0.25, 0.3) is 0 Å². The molecule has 10 heteroatoms. The van der Waals surface area contributed by atoms with Crippen LogP contribution in [-0.4, -0.2) is 28.2 Å². The summed E-state index contributed by atoms with van der Waals surface area (Å²) in [5, 5.41) is 4.98. The number of hydrogen-bond donors (Lipinski definition) is 1. The lowest BCUT2D eigenvalue weighted by Gasteiger charge is -2.31. The summed E-state index contributed by atoms with van der Waals surface area (Å²) in [6, 6.07) is 8.41. The first kappa shape index (κ1) is 19.8. The summed E-state index contributed by atoms with van der Waals surface area (Å²) in [5.41, 5.74) is -0.150. The van der Waals surface area contributed by atoms with Crippen LogP contribution in [0, 0.1) is 0 Å². The molecule has 0 amide bonds. The molecule has 0 saturated carbocycles. The molecule has 2 heterocycles. The van der Waals surface area contributed by atoms with E-state index in [0.29, 0.717) is 31.3 Å². The minimum absolute atomic E-state index is 0.215. The van der Waals surface area contributed by atoms with Gasteiger partial charge in [0, 0.05) is 17.8 Å². The summed E-state index contributed by atoms with van der Waals surface area (Å²) in [6.45, 7) is 1.37. The molecule has 1 saturated heterocycles.